The molecule has 0 bridgehead atoms. The number of aliphatic hydroxyl groups is 1. The van der Waals surface area contributed by atoms with Gasteiger partial charge in [0.25, 0.3) is 0 Å². The van der Waals surface area contributed by atoms with E-state index in [9.17, 15) is 0 Å². The Balaban J connectivity index is 2.75. The second kappa shape index (κ2) is 4.98. The third-order valence-corrected chi connectivity index (χ3v) is 2.50. The van der Waals surface area contributed by atoms with E-state index in [0.717, 1.165) is 11.3 Å². The van der Waals surface area contributed by atoms with Crippen LogP contribution in [0.25, 0.3) is 0 Å². The van der Waals surface area contributed by atoms with Crippen molar-refractivity contribution < 1.29 is 5.11 Å². The molecule has 1 aromatic carbocycles. The Labute approximate surface area is 85.2 Å². The quantitative estimate of drug-likeness (QED) is 0.750. The highest BCUT2D eigenvalue weighted by atomic mass is 16.3. The zero-order valence-electron chi connectivity index (χ0n) is 8.77. The topological polar surface area (TPSA) is 49.5 Å². The van der Waals surface area contributed by atoms with E-state index in [1.165, 1.54) is 0 Å². The molecule has 78 valence electrons. The summed E-state index contributed by atoms with van der Waals surface area (Å²) in [6.45, 7) is 2.71. The highest BCUT2D eigenvalue weighted by Gasteiger charge is 2.07. The van der Waals surface area contributed by atoms with E-state index in [1.807, 2.05) is 43.1 Å². The standard InChI is InChI=1S/C11H18N2O/c1-9(8-14)13(2)11-5-3-10(7-12)4-6-11/h3-6,9,14H,7-8,12H2,1-2H3. The molecule has 1 rings (SSSR count). The molecule has 3 N–H and O–H groups in total. The van der Waals surface area contributed by atoms with Crippen molar-refractivity contribution in [3.63, 3.8) is 0 Å². The maximum atomic E-state index is 9.01. The van der Waals surface area contributed by atoms with Crippen molar-refractivity contribution >= 4 is 5.69 Å². The van der Waals surface area contributed by atoms with Crippen LogP contribution in [0, 0.1) is 0 Å². The van der Waals surface area contributed by atoms with Crippen molar-refractivity contribution in [2.45, 2.75) is 19.5 Å². The minimum Gasteiger partial charge on any atom is -0.394 e. The fourth-order valence-electron chi connectivity index (χ4n) is 1.24. The Morgan fingerprint density at radius 2 is 1.93 bits per heavy atom. The average Bonchev–Trinajstić information content (AvgIpc) is 2.27. The first-order chi connectivity index (χ1) is 6.69. The number of hydrogen-bond donors (Lipinski definition) is 2. The van der Waals surface area contributed by atoms with Crippen LogP contribution in [-0.2, 0) is 6.54 Å². The molecule has 0 aromatic heterocycles. The minimum atomic E-state index is 0.138. The van der Waals surface area contributed by atoms with Crippen molar-refractivity contribution in [1.29, 1.82) is 0 Å². The van der Waals surface area contributed by atoms with Crippen LogP contribution in [0.3, 0.4) is 0 Å². The Bertz CT molecular complexity index is 271. The molecule has 1 unspecified atom stereocenters. The van der Waals surface area contributed by atoms with Crippen molar-refractivity contribution in [3.8, 4) is 0 Å². The van der Waals surface area contributed by atoms with Gasteiger partial charge in [-0.3, -0.25) is 0 Å². The van der Waals surface area contributed by atoms with Gasteiger partial charge in [0.15, 0.2) is 0 Å². The van der Waals surface area contributed by atoms with Gasteiger partial charge in [-0.05, 0) is 24.6 Å². The smallest absolute Gasteiger partial charge is 0.0632 e. The summed E-state index contributed by atoms with van der Waals surface area (Å²) in [6, 6.07) is 8.20. The van der Waals surface area contributed by atoms with Gasteiger partial charge in [-0.2, -0.15) is 0 Å². The Morgan fingerprint density at radius 1 is 1.36 bits per heavy atom. The molecule has 0 radical (unpaired) electrons. The van der Waals surface area contributed by atoms with E-state index in [2.05, 4.69) is 0 Å². The molecule has 0 fully saturated rings. The molecule has 0 amide bonds. The van der Waals surface area contributed by atoms with Gasteiger partial charge >= 0.3 is 0 Å². The maximum Gasteiger partial charge on any atom is 0.0632 e. The van der Waals surface area contributed by atoms with Crippen LogP contribution >= 0.6 is 0 Å². The van der Waals surface area contributed by atoms with Gasteiger partial charge in [0.1, 0.15) is 0 Å². The van der Waals surface area contributed by atoms with Gasteiger partial charge in [0, 0.05) is 25.3 Å². The zero-order valence-corrected chi connectivity index (χ0v) is 8.77. The van der Waals surface area contributed by atoms with Crippen molar-refractivity contribution in [2.75, 3.05) is 18.6 Å². The van der Waals surface area contributed by atoms with E-state index in [0.29, 0.717) is 6.54 Å². The molecular weight excluding hydrogens is 176 g/mol. The molecule has 0 saturated carbocycles. The number of nitrogens with zero attached hydrogens (tertiary/aromatic N) is 1. The molecule has 0 aliphatic heterocycles. The lowest BCUT2D eigenvalue weighted by Gasteiger charge is -2.25. The number of aliphatic hydroxyl groups excluding tert-OH is 1. The van der Waals surface area contributed by atoms with Crippen LogP contribution in [0.4, 0.5) is 5.69 Å². The minimum absolute atomic E-state index is 0.138. The van der Waals surface area contributed by atoms with Crippen molar-refractivity contribution in [1.82, 2.24) is 0 Å². The second-order valence-electron chi connectivity index (χ2n) is 3.51. The first-order valence-corrected chi connectivity index (χ1v) is 4.81. The van der Waals surface area contributed by atoms with E-state index in [1.54, 1.807) is 0 Å². The number of rotatable bonds is 4. The van der Waals surface area contributed by atoms with Gasteiger partial charge in [-0.1, -0.05) is 12.1 Å². The summed E-state index contributed by atoms with van der Waals surface area (Å²) in [6.07, 6.45) is 0. The van der Waals surface area contributed by atoms with Crippen LogP contribution < -0.4 is 10.6 Å². The summed E-state index contributed by atoms with van der Waals surface area (Å²) in [7, 11) is 1.97. The predicted molar refractivity (Wildman–Crippen MR) is 59.3 cm³/mol. The van der Waals surface area contributed by atoms with Crippen LogP contribution in [0.1, 0.15) is 12.5 Å². The summed E-state index contributed by atoms with van der Waals surface area (Å²) >= 11 is 0. The van der Waals surface area contributed by atoms with Gasteiger partial charge in [-0.25, -0.2) is 0 Å². The summed E-state index contributed by atoms with van der Waals surface area (Å²) < 4.78 is 0. The first-order valence-electron chi connectivity index (χ1n) is 4.81. The van der Waals surface area contributed by atoms with Gasteiger partial charge < -0.3 is 15.7 Å². The van der Waals surface area contributed by atoms with Gasteiger partial charge in [0.05, 0.1) is 6.61 Å². The largest absolute Gasteiger partial charge is 0.394 e. The monoisotopic (exact) mass is 194 g/mol. The van der Waals surface area contributed by atoms with E-state index in [4.69, 9.17) is 10.8 Å². The maximum absolute atomic E-state index is 9.01. The summed E-state index contributed by atoms with van der Waals surface area (Å²) in [5.41, 5.74) is 7.73. The third-order valence-electron chi connectivity index (χ3n) is 2.50. The number of nitrogens with two attached hydrogens (primary N) is 1. The van der Waals surface area contributed by atoms with Crippen LogP contribution in [0.15, 0.2) is 24.3 Å². The van der Waals surface area contributed by atoms with Crippen molar-refractivity contribution in [2.24, 2.45) is 5.73 Å². The molecule has 3 nitrogen and oxygen atoms in total. The molecule has 0 spiro atoms. The Hall–Kier alpha value is -1.06. The lowest BCUT2D eigenvalue weighted by molar-refractivity contribution is 0.270. The number of anilines is 1. The van der Waals surface area contributed by atoms with Crippen molar-refractivity contribution in [3.05, 3.63) is 29.8 Å². The second-order valence-corrected chi connectivity index (χ2v) is 3.51. The van der Waals surface area contributed by atoms with Crippen LogP contribution in [0.5, 0.6) is 0 Å². The molecule has 3 heteroatoms. The molecule has 0 aliphatic rings. The number of hydrogen-bond acceptors (Lipinski definition) is 3. The van der Waals surface area contributed by atoms with Crippen LogP contribution in [-0.4, -0.2) is 24.8 Å². The molecule has 1 aromatic rings. The van der Waals surface area contributed by atoms with Gasteiger partial charge in [0.2, 0.25) is 0 Å². The highest BCUT2D eigenvalue weighted by Crippen LogP contribution is 2.15. The first kappa shape index (κ1) is 11.0. The SMILES string of the molecule is CC(CO)N(C)c1ccc(CN)cc1. The van der Waals surface area contributed by atoms with E-state index < -0.39 is 0 Å². The summed E-state index contributed by atoms with van der Waals surface area (Å²) in [5.74, 6) is 0. The fourth-order valence-corrected chi connectivity index (χ4v) is 1.24. The molecular formula is C11H18N2O. The molecule has 0 aliphatic carbocycles. The molecule has 0 heterocycles. The summed E-state index contributed by atoms with van der Waals surface area (Å²) in [4.78, 5) is 2.04. The average molecular weight is 194 g/mol. The molecule has 0 saturated heterocycles. The predicted octanol–water partition coefficient (Wildman–Crippen LogP) is 0.962. The molecule has 1 atom stereocenters. The Morgan fingerprint density at radius 3 is 2.36 bits per heavy atom. The third kappa shape index (κ3) is 2.47. The number of benzene rings is 1. The fraction of sp³-hybridized carbons (Fsp3) is 0.455. The lowest BCUT2D eigenvalue weighted by Crippen LogP contribution is -2.31. The van der Waals surface area contributed by atoms with E-state index >= 15 is 0 Å². The van der Waals surface area contributed by atoms with Gasteiger partial charge in [-0.15, -0.1) is 0 Å². The lowest BCUT2D eigenvalue weighted by atomic mass is 10.2. The van der Waals surface area contributed by atoms with Crippen LogP contribution in [0.2, 0.25) is 0 Å². The zero-order chi connectivity index (χ0) is 10.6. The van der Waals surface area contributed by atoms with E-state index in [-0.39, 0.29) is 12.6 Å². The normalized spacial score (nSPS) is 12.6. The highest BCUT2D eigenvalue weighted by molar-refractivity contribution is 5.47. The molecule has 14 heavy (non-hydrogen) atoms. The number of likely N-dealkylation sites (N-methyl/N-ethyl adjacent to an activating group) is 1. The summed E-state index contributed by atoms with van der Waals surface area (Å²) in [5, 5.41) is 9.01. The Kier molecular flexibility index (Phi) is 3.92.